The first kappa shape index (κ1) is 10.2. The van der Waals surface area contributed by atoms with Gasteiger partial charge < -0.3 is 4.74 Å². The van der Waals surface area contributed by atoms with Crippen LogP contribution >= 0.6 is 0 Å². The number of morpholine rings is 1. The lowest BCUT2D eigenvalue weighted by molar-refractivity contribution is 0.0245. The SMILES string of the molecule is CC(CS(C)=O)N1CCOCC1. The minimum Gasteiger partial charge on any atom is -0.379 e. The van der Waals surface area contributed by atoms with Crippen LogP contribution in [-0.4, -0.2) is 53.5 Å². The van der Waals surface area contributed by atoms with Gasteiger partial charge in [0.05, 0.1) is 13.2 Å². The van der Waals surface area contributed by atoms with Crippen LogP contribution in [0.15, 0.2) is 0 Å². The Hall–Kier alpha value is 0.0700. The minimum absolute atomic E-state index is 0.430. The van der Waals surface area contributed by atoms with Gasteiger partial charge in [0.2, 0.25) is 0 Å². The van der Waals surface area contributed by atoms with Gasteiger partial charge in [0.15, 0.2) is 0 Å². The molecule has 1 rings (SSSR count). The second-order valence-electron chi connectivity index (χ2n) is 3.24. The lowest BCUT2D eigenvalue weighted by Gasteiger charge is -2.31. The lowest BCUT2D eigenvalue weighted by atomic mass is 10.3. The van der Waals surface area contributed by atoms with Crippen molar-refractivity contribution in [2.24, 2.45) is 0 Å². The van der Waals surface area contributed by atoms with Crippen LogP contribution in [0.2, 0.25) is 0 Å². The predicted molar refractivity (Wildman–Crippen MR) is 50.8 cm³/mol. The third-order valence-corrected chi connectivity index (χ3v) is 3.10. The van der Waals surface area contributed by atoms with Crippen molar-refractivity contribution in [2.75, 3.05) is 38.3 Å². The van der Waals surface area contributed by atoms with E-state index in [1.54, 1.807) is 6.26 Å². The molecule has 0 amide bonds. The van der Waals surface area contributed by atoms with E-state index in [9.17, 15) is 4.21 Å². The van der Waals surface area contributed by atoms with Crippen molar-refractivity contribution >= 4 is 10.8 Å². The van der Waals surface area contributed by atoms with Gasteiger partial charge in [-0.25, -0.2) is 0 Å². The summed E-state index contributed by atoms with van der Waals surface area (Å²) in [6.07, 6.45) is 1.76. The number of ether oxygens (including phenoxy) is 1. The molecule has 12 heavy (non-hydrogen) atoms. The van der Waals surface area contributed by atoms with Crippen LogP contribution in [-0.2, 0) is 15.5 Å². The molecule has 1 saturated heterocycles. The zero-order valence-electron chi connectivity index (χ0n) is 7.78. The van der Waals surface area contributed by atoms with Crippen molar-refractivity contribution in [3.63, 3.8) is 0 Å². The number of hydrogen-bond donors (Lipinski definition) is 0. The van der Waals surface area contributed by atoms with Crippen molar-refractivity contribution in [1.29, 1.82) is 0 Å². The second-order valence-corrected chi connectivity index (χ2v) is 4.72. The van der Waals surface area contributed by atoms with Gasteiger partial charge in [-0.3, -0.25) is 9.11 Å². The van der Waals surface area contributed by atoms with Gasteiger partial charge in [-0.2, -0.15) is 0 Å². The Bertz CT molecular complexity index is 157. The highest BCUT2D eigenvalue weighted by atomic mass is 32.2. The fourth-order valence-corrected chi connectivity index (χ4v) is 2.35. The second kappa shape index (κ2) is 4.94. The predicted octanol–water partition coefficient (Wildman–Crippen LogP) is 0.0856. The van der Waals surface area contributed by atoms with E-state index in [1.165, 1.54) is 0 Å². The van der Waals surface area contributed by atoms with Crippen molar-refractivity contribution < 1.29 is 8.95 Å². The standard InChI is InChI=1S/C8H17NO2S/c1-8(7-12(2)10)9-3-5-11-6-4-9/h8H,3-7H2,1-2H3. The molecule has 4 heteroatoms. The molecule has 0 radical (unpaired) electrons. The van der Waals surface area contributed by atoms with E-state index in [0.717, 1.165) is 32.1 Å². The van der Waals surface area contributed by atoms with Gasteiger partial charge >= 0.3 is 0 Å². The minimum atomic E-state index is -0.680. The fraction of sp³-hybridized carbons (Fsp3) is 1.00. The molecule has 1 fully saturated rings. The van der Waals surface area contributed by atoms with Crippen LogP contribution in [0.1, 0.15) is 6.92 Å². The van der Waals surface area contributed by atoms with Gasteiger partial charge in [0.1, 0.15) is 0 Å². The van der Waals surface area contributed by atoms with Crippen molar-refractivity contribution in [1.82, 2.24) is 4.90 Å². The molecule has 0 aliphatic carbocycles. The summed E-state index contributed by atoms with van der Waals surface area (Å²) in [7, 11) is -0.680. The molecule has 1 aliphatic heterocycles. The van der Waals surface area contributed by atoms with Gasteiger partial charge in [-0.05, 0) is 6.92 Å². The summed E-state index contributed by atoms with van der Waals surface area (Å²) in [4.78, 5) is 2.34. The Morgan fingerprint density at radius 3 is 2.58 bits per heavy atom. The molecular weight excluding hydrogens is 174 g/mol. The average molecular weight is 191 g/mol. The molecule has 0 aromatic rings. The van der Waals surface area contributed by atoms with Gasteiger partial charge in [-0.15, -0.1) is 0 Å². The topological polar surface area (TPSA) is 29.5 Å². The van der Waals surface area contributed by atoms with E-state index in [4.69, 9.17) is 4.74 Å². The van der Waals surface area contributed by atoms with Gasteiger partial charge in [0.25, 0.3) is 0 Å². The molecule has 0 N–H and O–H groups in total. The highest BCUT2D eigenvalue weighted by molar-refractivity contribution is 7.84. The maximum atomic E-state index is 11.0. The van der Waals surface area contributed by atoms with E-state index >= 15 is 0 Å². The Labute approximate surface area is 76.5 Å². The molecule has 0 aromatic heterocycles. The quantitative estimate of drug-likeness (QED) is 0.633. The van der Waals surface area contributed by atoms with Crippen LogP contribution in [0.4, 0.5) is 0 Å². The molecule has 1 heterocycles. The molecule has 1 aliphatic rings. The van der Waals surface area contributed by atoms with Crippen LogP contribution < -0.4 is 0 Å². The first-order valence-electron chi connectivity index (χ1n) is 4.32. The molecule has 0 bridgehead atoms. The van der Waals surface area contributed by atoms with E-state index < -0.39 is 10.8 Å². The van der Waals surface area contributed by atoms with Crippen molar-refractivity contribution in [3.8, 4) is 0 Å². The van der Waals surface area contributed by atoms with Crippen LogP contribution in [0.3, 0.4) is 0 Å². The summed E-state index contributed by atoms with van der Waals surface area (Å²) in [6.45, 7) is 5.74. The summed E-state index contributed by atoms with van der Waals surface area (Å²) in [5.74, 6) is 0.778. The third-order valence-electron chi connectivity index (χ3n) is 2.14. The number of hydrogen-bond acceptors (Lipinski definition) is 3. The largest absolute Gasteiger partial charge is 0.379 e. The zero-order valence-corrected chi connectivity index (χ0v) is 8.60. The zero-order chi connectivity index (χ0) is 8.97. The van der Waals surface area contributed by atoms with Crippen LogP contribution in [0, 0.1) is 0 Å². The van der Waals surface area contributed by atoms with E-state index in [2.05, 4.69) is 11.8 Å². The summed E-state index contributed by atoms with van der Waals surface area (Å²) >= 11 is 0. The van der Waals surface area contributed by atoms with E-state index in [0.29, 0.717) is 6.04 Å². The third kappa shape index (κ3) is 3.21. The lowest BCUT2D eigenvalue weighted by Crippen LogP contribution is -2.44. The molecule has 72 valence electrons. The fourth-order valence-electron chi connectivity index (χ4n) is 1.46. The summed E-state index contributed by atoms with van der Waals surface area (Å²) in [6, 6.07) is 0.430. The van der Waals surface area contributed by atoms with E-state index in [-0.39, 0.29) is 0 Å². The number of rotatable bonds is 3. The van der Waals surface area contributed by atoms with Gasteiger partial charge in [-0.1, -0.05) is 0 Å². The van der Waals surface area contributed by atoms with Crippen molar-refractivity contribution in [2.45, 2.75) is 13.0 Å². The maximum Gasteiger partial charge on any atom is 0.0594 e. The highest BCUT2D eigenvalue weighted by Gasteiger charge is 2.17. The molecule has 0 aromatic carbocycles. The van der Waals surface area contributed by atoms with Gasteiger partial charge in [0, 0.05) is 41.9 Å². The summed E-state index contributed by atoms with van der Waals surface area (Å²) < 4.78 is 16.2. The number of nitrogens with zero attached hydrogens (tertiary/aromatic N) is 1. The van der Waals surface area contributed by atoms with Crippen molar-refractivity contribution in [3.05, 3.63) is 0 Å². The Morgan fingerprint density at radius 2 is 2.08 bits per heavy atom. The Kier molecular flexibility index (Phi) is 4.18. The highest BCUT2D eigenvalue weighted by Crippen LogP contribution is 2.03. The average Bonchev–Trinajstić information content (AvgIpc) is 2.05. The maximum absolute atomic E-state index is 11.0. The summed E-state index contributed by atoms with van der Waals surface area (Å²) in [5.41, 5.74) is 0. The molecular formula is C8H17NO2S. The smallest absolute Gasteiger partial charge is 0.0594 e. The molecule has 2 unspecified atom stereocenters. The molecule has 0 spiro atoms. The Morgan fingerprint density at radius 1 is 1.50 bits per heavy atom. The van der Waals surface area contributed by atoms with Crippen LogP contribution in [0.25, 0.3) is 0 Å². The van der Waals surface area contributed by atoms with Crippen LogP contribution in [0.5, 0.6) is 0 Å². The first-order valence-corrected chi connectivity index (χ1v) is 6.04. The first-order chi connectivity index (χ1) is 5.70. The Balaban J connectivity index is 2.29. The monoisotopic (exact) mass is 191 g/mol. The molecule has 2 atom stereocenters. The van der Waals surface area contributed by atoms with E-state index in [1.807, 2.05) is 0 Å². The molecule has 3 nitrogen and oxygen atoms in total. The summed E-state index contributed by atoms with van der Waals surface area (Å²) in [5, 5.41) is 0. The normalized spacial score (nSPS) is 25.2. The molecule has 0 saturated carbocycles.